The molecule has 0 radical (unpaired) electrons. The summed E-state index contributed by atoms with van der Waals surface area (Å²) in [4.78, 5) is 4.50. The molecule has 0 amide bonds. The highest BCUT2D eigenvalue weighted by atomic mass is 15.0. The third-order valence-electron chi connectivity index (χ3n) is 2.51. The summed E-state index contributed by atoms with van der Waals surface area (Å²) in [5.41, 5.74) is 3.27. The Labute approximate surface area is 95.5 Å². The summed E-state index contributed by atoms with van der Waals surface area (Å²) in [6, 6.07) is 6.04. The number of imidazole rings is 1. The van der Waals surface area contributed by atoms with Gasteiger partial charge in [0.1, 0.15) is 5.65 Å². The normalized spacial score (nSPS) is 10.1. The highest BCUT2D eigenvalue weighted by Gasteiger charge is 2.06. The number of fused-ring (bicyclic) bond motifs is 1. The third-order valence-corrected chi connectivity index (χ3v) is 2.51. The predicted molar refractivity (Wildman–Crippen MR) is 65.1 cm³/mol. The van der Waals surface area contributed by atoms with Crippen molar-refractivity contribution in [2.75, 3.05) is 6.54 Å². The molecule has 2 aromatic heterocycles. The second kappa shape index (κ2) is 4.82. The van der Waals surface area contributed by atoms with E-state index in [0.717, 1.165) is 24.4 Å². The van der Waals surface area contributed by atoms with E-state index in [9.17, 15) is 0 Å². The van der Waals surface area contributed by atoms with E-state index < -0.39 is 0 Å². The molecular weight excluding hydrogens is 198 g/mol. The third kappa shape index (κ3) is 2.07. The Morgan fingerprint density at radius 2 is 2.31 bits per heavy atom. The molecule has 0 fully saturated rings. The molecule has 0 aromatic carbocycles. The Kier molecular flexibility index (Phi) is 3.23. The van der Waals surface area contributed by atoms with Gasteiger partial charge in [-0.05, 0) is 26.0 Å². The molecule has 1 N–H and O–H groups in total. The van der Waals surface area contributed by atoms with Crippen LogP contribution in [0.15, 0.2) is 24.4 Å². The van der Waals surface area contributed by atoms with Gasteiger partial charge in [-0.15, -0.1) is 5.92 Å². The summed E-state index contributed by atoms with van der Waals surface area (Å²) in [5.74, 6) is 5.85. The van der Waals surface area contributed by atoms with Gasteiger partial charge in [0.05, 0.1) is 17.9 Å². The lowest BCUT2D eigenvalue weighted by molar-refractivity contribution is 0.737. The van der Waals surface area contributed by atoms with Crippen molar-refractivity contribution in [3.05, 3.63) is 35.8 Å². The van der Waals surface area contributed by atoms with Crippen molar-refractivity contribution in [3.8, 4) is 11.8 Å². The summed E-state index contributed by atoms with van der Waals surface area (Å²) in [6.07, 6.45) is 2.04. The van der Waals surface area contributed by atoms with E-state index in [-0.39, 0.29) is 0 Å². The summed E-state index contributed by atoms with van der Waals surface area (Å²) in [5, 5.41) is 3.29. The first-order chi connectivity index (χ1) is 7.83. The van der Waals surface area contributed by atoms with E-state index in [1.807, 2.05) is 38.2 Å². The van der Waals surface area contributed by atoms with Crippen molar-refractivity contribution in [3.63, 3.8) is 0 Å². The molecule has 3 nitrogen and oxygen atoms in total. The van der Waals surface area contributed by atoms with E-state index in [2.05, 4.69) is 26.5 Å². The van der Waals surface area contributed by atoms with Gasteiger partial charge in [-0.1, -0.05) is 12.0 Å². The average Bonchev–Trinajstić information content (AvgIpc) is 2.61. The smallest absolute Gasteiger partial charge is 0.137 e. The molecule has 0 saturated carbocycles. The number of hydrogen-bond acceptors (Lipinski definition) is 2. The summed E-state index contributed by atoms with van der Waals surface area (Å²) < 4.78 is 2.11. The van der Waals surface area contributed by atoms with Crippen molar-refractivity contribution in [2.45, 2.75) is 20.4 Å². The first-order valence-corrected chi connectivity index (χ1v) is 5.36. The van der Waals surface area contributed by atoms with Gasteiger partial charge in [0.15, 0.2) is 0 Å². The van der Waals surface area contributed by atoms with Gasteiger partial charge < -0.3 is 9.72 Å². The summed E-state index contributed by atoms with van der Waals surface area (Å²) >= 11 is 0. The van der Waals surface area contributed by atoms with Gasteiger partial charge in [-0.25, -0.2) is 4.98 Å². The number of nitrogens with zero attached hydrogens (tertiary/aromatic N) is 2. The lowest BCUT2D eigenvalue weighted by Crippen LogP contribution is -2.15. The Hall–Kier alpha value is -1.79. The fourth-order valence-electron chi connectivity index (χ4n) is 1.71. The van der Waals surface area contributed by atoms with Crippen LogP contribution in [-0.2, 0) is 6.54 Å². The first kappa shape index (κ1) is 10.7. The fourth-order valence-corrected chi connectivity index (χ4v) is 1.71. The number of hydrogen-bond donors (Lipinski definition) is 1. The van der Waals surface area contributed by atoms with Crippen molar-refractivity contribution < 1.29 is 0 Å². The van der Waals surface area contributed by atoms with Crippen LogP contribution in [0.2, 0.25) is 0 Å². The van der Waals surface area contributed by atoms with E-state index in [4.69, 9.17) is 0 Å². The molecular formula is C13H15N3. The van der Waals surface area contributed by atoms with Crippen LogP contribution in [0.5, 0.6) is 0 Å². The second-order valence-electron chi connectivity index (χ2n) is 3.60. The molecule has 0 saturated heterocycles. The zero-order valence-electron chi connectivity index (χ0n) is 9.62. The molecule has 0 unspecified atom stereocenters. The molecule has 2 aromatic rings. The molecule has 0 bridgehead atoms. The molecule has 0 aliphatic heterocycles. The van der Waals surface area contributed by atoms with Gasteiger partial charge in [0.2, 0.25) is 0 Å². The molecule has 0 spiro atoms. The lowest BCUT2D eigenvalue weighted by Gasteiger charge is -2.02. The highest BCUT2D eigenvalue weighted by Crippen LogP contribution is 2.10. The number of rotatable bonds is 3. The van der Waals surface area contributed by atoms with Crippen LogP contribution in [0.25, 0.3) is 5.65 Å². The Balaban J connectivity index is 2.21. The van der Waals surface area contributed by atoms with Crippen molar-refractivity contribution in [2.24, 2.45) is 0 Å². The van der Waals surface area contributed by atoms with Crippen LogP contribution in [0.4, 0.5) is 0 Å². The lowest BCUT2D eigenvalue weighted by atomic mass is 10.3. The second-order valence-corrected chi connectivity index (χ2v) is 3.60. The van der Waals surface area contributed by atoms with Crippen LogP contribution in [0.3, 0.4) is 0 Å². The van der Waals surface area contributed by atoms with E-state index in [1.165, 1.54) is 5.69 Å². The monoisotopic (exact) mass is 213 g/mol. The molecule has 0 aliphatic rings. The maximum atomic E-state index is 4.50. The Morgan fingerprint density at radius 3 is 3.12 bits per heavy atom. The molecule has 0 aliphatic carbocycles. The maximum absolute atomic E-state index is 4.50. The number of nitrogens with one attached hydrogen (secondary N) is 1. The molecule has 2 rings (SSSR count). The fraction of sp³-hybridized carbons (Fsp3) is 0.308. The number of pyridine rings is 1. The minimum Gasteiger partial charge on any atom is -0.302 e. The van der Waals surface area contributed by atoms with Gasteiger partial charge in [-0.2, -0.15) is 0 Å². The van der Waals surface area contributed by atoms with Gasteiger partial charge in [0, 0.05) is 12.7 Å². The van der Waals surface area contributed by atoms with Crippen LogP contribution in [-0.4, -0.2) is 15.9 Å². The van der Waals surface area contributed by atoms with E-state index in [0.29, 0.717) is 0 Å². The maximum Gasteiger partial charge on any atom is 0.137 e. The van der Waals surface area contributed by atoms with Crippen molar-refractivity contribution in [1.82, 2.24) is 14.7 Å². The number of aryl methyl sites for hydroxylation is 1. The Bertz CT molecular complexity index is 543. The largest absolute Gasteiger partial charge is 0.302 e. The molecule has 3 heteroatoms. The van der Waals surface area contributed by atoms with Crippen LogP contribution < -0.4 is 5.32 Å². The molecule has 16 heavy (non-hydrogen) atoms. The van der Waals surface area contributed by atoms with Crippen molar-refractivity contribution >= 4 is 5.65 Å². The van der Waals surface area contributed by atoms with Gasteiger partial charge in [0.25, 0.3) is 0 Å². The highest BCUT2D eigenvalue weighted by molar-refractivity contribution is 5.42. The predicted octanol–water partition coefficient (Wildman–Crippen LogP) is 1.76. The Morgan fingerprint density at radius 1 is 1.44 bits per heavy atom. The SMILES string of the molecule is CC#CCNCc1c(C)nc2ccccn12. The molecule has 0 atom stereocenters. The van der Waals surface area contributed by atoms with E-state index >= 15 is 0 Å². The molecule has 2 heterocycles. The van der Waals surface area contributed by atoms with Gasteiger partial charge in [-0.3, -0.25) is 0 Å². The quantitative estimate of drug-likeness (QED) is 0.622. The van der Waals surface area contributed by atoms with Crippen LogP contribution in [0.1, 0.15) is 18.3 Å². The van der Waals surface area contributed by atoms with Gasteiger partial charge >= 0.3 is 0 Å². The van der Waals surface area contributed by atoms with E-state index in [1.54, 1.807) is 0 Å². The average molecular weight is 213 g/mol. The van der Waals surface area contributed by atoms with Crippen LogP contribution in [0, 0.1) is 18.8 Å². The minimum absolute atomic E-state index is 0.718. The zero-order valence-corrected chi connectivity index (χ0v) is 9.62. The summed E-state index contributed by atoms with van der Waals surface area (Å²) in [6.45, 7) is 5.40. The molecule has 82 valence electrons. The van der Waals surface area contributed by atoms with Crippen molar-refractivity contribution in [1.29, 1.82) is 0 Å². The van der Waals surface area contributed by atoms with Crippen LogP contribution >= 0.6 is 0 Å². The zero-order chi connectivity index (χ0) is 11.4. The minimum atomic E-state index is 0.718. The summed E-state index contributed by atoms with van der Waals surface area (Å²) in [7, 11) is 0. The topological polar surface area (TPSA) is 29.3 Å². The standard InChI is InChI=1S/C13H15N3/c1-3-4-8-14-10-12-11(2)15-13-7-5-6-9-16(12)13/h5-7,9,14H,8,10H2,1-2H3. The first-order valence-electron chi connectivity index (χ1n) is 5.36. The number of aromatic nitrogens is 2.